The SMILES string of the molecule is Cc1c(N)nc(C(C)C)nc1N(C)C(C)CO. The standard InChI is InChI=1S/C12H22N4O/c1-7(2)11-14-10(13)9(4)12(15-11)16(5)8(3)6-17/h7-8,17H,6H2,1-5H3,(H2,13,14,15). The minimum atomic E-state index is 0.00279. The Kier molecular flexibility index (Phi) is 4.28. The van der Waals surface area contributed by atoms with Crippen molar-refractivity contribution in [3.05, 3.63) is 11.4 Å². The number of aliphatic hydroxyl groups excluding tert-OH is 1. The van der Waals surface area contributed by atoms with Crippen LogP contribution in [0.1, 0.15) is 38.1 Å². The van der Waals surface area contributed by atoms with Crippen LogP contribution in [0.25, 0.3) is 0 Å². The molecule has 3 N–H and O–H groups in total. The highest BCUT2D eigenvalue weighted by atomic mass is 16.3. The first-order chi connectivity index (χ1) is 7.88. The van der Waals surface area contributed by atoms with E-state index in [1.807, 2.05) is 39.6 Å². The van der Waals surface area contributed by atoms with Gasteiger partial charge in [-0.15, -0.1) is 0 Å². The van der Waals surface area contributed by atoms with Gasteiger partial charge in [0.1, 0.15) is 17.5 Å². The molecule has 5 nitrogen and oxygen atoms in total. The molecule has 0 aromatic carbocycles. The minimum Gasteiger partial charge on any atom is -0.394 e. The first kappa shape index (κ1) is 13.7. The van der Waals surface area contributed by atoms with E-state index in [-0.39, 0.29) is 18.6 Å². The molecule has 0 saturated heterocycles. The molecule has 0 spiro atoms. The third-order valence-electron chi connectivity index (χ3n) is 2.95. The van der Waals surface area contributed by atoms with Crippen LogP contribution in [0.15, 0.2) is 0 Å². The average Bonchev–Trinajstić information content (AvgIpc) is 2.30. The van der Waals surface area contributed by atoms with Gasteiger partial charge < -0.3 is 15.7 Å². The topological polar surface area (TPSA) is 75.3 Å². The smallest absolute Gasteiger partial charge is 0.137 e. The van der Waals surface area contributed by atoms with Crippen LogP contribution in [-0.2, 0) is 0 Å². The summed E-state index contributed by atoms with van der Waals surface area (Å²) in [7, 11) is 1.90. The van der Waals surface area contributed by atoms with Crippen molar-refractivity contribution in [3.63, 3.8) is 0 Å². The van der Waals surface area contributed by atoms with Crippen molar-refractivity contribution in [2.75, 3.05) is 24.3 Å². The molecular weight excluding hydrogens is 216 g/mol. The number of nitrogen functional groups attached to an aromatic ring is 1. The number of nitrogens with two attached hydrogens (primary N) is 1. The molecule has 1 heterocycles. The monoisotopic (exact) mass is 238 g/mol. The number of hydrogen-bond acceptors (Lipinski definition) is 5. The number of nitrogens with zero attached hydrogens (tertiary/aromatic N) is 3. The van der Waals surface area contributed by atoms with E-state index in [1.54, 1.807) is 0 Å². The average molecular weight is 238 g/mol. The Morgan fingerprint density at radius 1 is 1.29 bits per heavy atom. The Morgan fingerprint density at radius 3 is 2.35 bits per heavy atom. The van der Waals surface area contributed by atoms with Gasteiger partial charge in [0.05, 0.1) is 12.6 Å². The van der Waals surface area contributed by atoms with E-state index in [9.17, 15) is 5.11 Å². The number of anilines is 2. The quantitative estimate of drug-likeness (QED) is 0.827. The van der Waals surface area contributed by atoms with Crippen molar-refractivity contribution >= 4 is 11.6 Å². The van der Waals surface area contributed by atoms with Gasteiger partial charge in [0, 0.05) is 18.5 Å². The van der Waals surface area contributed by atoms with Crippen molar-refractivity contribution in [3.8, 4) is 0 Å². The summed E-state index contributed by atoms with van der Waals surface area (Å²) >= 11 is 0. The molecule has 96 valence electrons. The fourth-order valence-electron chi connectivity index (χ4n) is 1.47. The molecule has 0 saturated carbocycles. The van der Waals surface area contributed by atoms with Crippen LogP contribution in [0.2, 0.25) is 0 Å². The largest absolute Gasteiger partial charge is 0.394 e. The van der Waals surface area contributed by atoms with E-state index >= 15 is 0 Å². The molecule has 0 radical (unpaired) electrons. The van der Waals surface area contributed by atoms with Crippen LogP contribution < -0.4 is 10.6 Å². The molecule has 5 heteroatoms. The summed E-state index contributed by atoms with van der Waals surface area (Å²) in [6.45, 7) is 7.98. The molecule has 0 bridgehead atoms. The summed E-state index contributed by atoms with van der Waals surface area (Å²) in [5, 5.41) is 9.19. The van der Waals surface area contributed by atoms with Crippen molar-refractivity contribution in [1.82, 2.24) is 9.97 Å². The number of aliphatic hydroxyl groups is 1. The Labute approximate surface area is 103 Å². The van der Waals surface area contributed by atoms with Gasteiger partial charge >= 0.3 is 0 Å². The molecule has 1 aromatic rings. The Morgan fingerprint density at radius 2 is 1.88 bits per heavy atom. The summed E-state index contributed by atoms with van der Waals surface area (Å²) in [6.07, 6.45) is 0. The summed E-state index contributed by atoms with van der Waals surface area (Å²) in [6, 6.07) is 0.00279. The molecule has 1 atom stereocenters. The third-order valence-corrected chi connectivity index (χ3v) is 2.95. The second-order valence-corrected chi connectivity index (χ2v) is 4.71. The maximum atomic E-state index is 9.19. The normalized spacial score (nSPS) is 12.9. The second-order valence-electron chi connectivity index (χ2n) is 4.71. The van der Waals surface area contributed by atoms with E-state index in [2.05, 4.69) is 9.97 Å². The molecule has 1 rings (SSSR count). The Bertz CT molecular complexity index is 392. The highest BCUT2D eigenvalue weighted by Crippen LogP contribution is 2.24. The maximum Gasteiger partial charge on any atom is 0.137 e. The minimum absolute atomic E-state index is 0.00279. The zero-order valence-electron chi connectivity index (χ0n) is 11.2. The first-order valence-corrected chi connectivity index (χ1v) is 5.86. The zero-order chi connectivity index (χ0) is 13.2. The van der Waals surface area contributed by atoms with Crippen molar-refractivity contribution in [1.29, 1.82) is 0 Å². The molecule has 0 amide bonds. The van der Waals surface area contributed by atoms with Gasteiger partial charge in [-0.25, -0.2) is 9.97 Å². The first-order valence-electron chi connectivity index (χ1n) is 5.86. The lowest BCUT2D eigenvalue weighted by atomic mass is 10.2. The lowest BCUT2D eigenvalue weighted by Gasteiger charge is -2.26. The highest BCUT2D eigenvalue weighted by Gasteiger charge is 2.17. The molecule has 0 fully saturated rings. The zero-order valence-corrected chi connectivity index (χ0v) is 11.2. The maximum absolute atomic E-state index is 9.19. The Balaban J connectivity index is 3.22. The third kappa shape index (κ3) is 2.85. The van der Waals surface area contributed by atoms with E-state index in [4.69, 9.17) is 5.73 Å². The molecule has 0 aliphatic carbocycles. The number of hydrogen-bond donors (Lipinski definition) is 2. The molecule has 1 unspecified atom stereocenters. The number of likely N-dealkylation sites (N-methyl/N-ethyl adjacent to an activating group) is 1. The van der Waals surface area contributed by atoms with Gasteiger partial charge in [0.2, 0.25) is 0 Å². The van der Waals surface area contributed by atoms with Crippen LogP contribution in [-0.4, -0.2) is 34.8 Å². The molecule has 17 heavy (non-hydrogen) atoms. The van der Waals surface area contributed by atoms with Gasteiger partial charge in [-0.3, -0.25) is 0 Å². The second kappa shape index (κ2) is 5.31. The molecular formula is C12H22N4O. The van der Waals surface area contributed by atoms with Gasteiger partial charge in [0.15, 0.2) is 0 Å². The highest BCUT2D eigenvalue weighted by molar-refractivity contribution is 5.56. The van der Waals surface area contributed by atoms with Gasteiger partial charge in [0.25, 0.3) is 0 Å². The van der Waals surface area contributed by atoms with Crippen molar-refractivity contribution < 1.29 is 5.11 Å². The fraction of sp³-hybridized carbons (Fsp3) is 0.667. The van der Waals surface area contributed by atoms with Gasteiger partial charge in [-0.2, -0.15) is 0 Å². The predicted octanol–water partition coefficient (Wildman–Crippen LogP) is 1.31. The fourth-order valence-corrected chi connectivity index (χ4v) is 1.47. The van der Waals surface area contributed by atoms with E-state index < -0.39 is 0 Å². The lowest BCUT2D eigenvalue weighted by molar-refractivity contribution is 0.269. The van der Waals surface area contributed by atoms with Crippen LogP contribution in [0.5, 0.6) is 0 Å². The van der Waals surface area contributed by atoms with Gasteiger partial charge in [-0.05, 0) is 13.8 Å². The molecule has 1 aromatic heterocycles. The summed E-state index contributed by atoms with van der Waals surface area (Å²) in [4.78, 5) is 10.7. The van der Waals surface area contributed by atoms with Crippen LogP contribution in [0, 0.1) is 6.92 Å². The number of rotatable bonds is 4. The van der Waals surface area contributed by atoms with E-state index in [0.29, 0.717) is 5.82 Å². The van der Waals surface area contributed by atoms with E-state index in [1.165, 1.54) is 0 Å². The lowest BCUT2D eigenvalue weighted by Crippen LogP contribution is -2.33. The summed E-state index contributed by atoms with van der Waals surface area (Å²) in [5.41, 5.74) is 6.76. The van der Waals surface area contributed by atoms with E-state index in [0.717, 1.165) is 17.2 Å². The summed E-state index contributed by atoms with van der Waals surface area (Å²) in [5.74, 6) is 2.27. The molecule has 0 aliphatic heterocycles. The molecule has 0 aliphatic rings. The Hall–Kier alpha value is -1.36. The predicted molar refractivity (Wildman–Crippen MR) is 70.2 cm³/mol. The van der Waals surface area contributed by atoms with Crippen LogP contribution in [0.3, 0.4) is 0 Å². The number of aromatic nitrogens is 2. The van der Waals surface area contributed by atoms with Crippen molar-refractivity contribution in [2.45, 2.75) is 39.7 Å². The summed E-state index contributed by atoms with van der Waals surface area (Å²) < 4.78 is 0. The van der Waals surface area contributed by atoms with Crippen molar-refractivity contribution in [2.24, 2.45) is 0 Å². The van der Waals surface area contributed by atoms with Crippen LogP contribution >= 0.6 is 0 Å². The van der Waals surface area contributed by atoms with Gasteiger partial charge in [-0.1, -0.05) is 13.8 Å². The van der Waals surface area contributed by atoms with Crippen LogP contribution in [0.4, 0.5) is 11.6 Å².